The van der Waals surface area contributed by atoms with Crippen molar-refractivity contribution < 1.29 is 4.79 Å². The first-order valence-electron chi connectivity index (χ1n) is 6.41. The molecule has 0 aliphatic heterocycles. The van der Waals surface area contributed by atoms with Gasteiger partial charge in [-0.1, -0.05) is 12.1 Å². The number of amides is 2. The molecule has 1 aromatic heterocycles. The monoisotopic (exact) mass is 273 g/mol. The Hall–Kier alpha value is -2.34. The van der Waals surface area contributed by atoms with Gasteiger partial charge < -0.3 is 20.9 Å². The van der Waals surface area contributed by atoms with Gasteiger partial charge in [-0.3, -0.25) is 0 Å². The van der Waals surface area contributed by atoms with E-state index in [4.69, 9.17) is 5.73 Å². The summed E-state index contributed by atoms with van der Waals surface area (Å²) in [6.07, 6.45) is 3.63. The standard InChI is InChI=1S/C14H19N5O/c1-10(17-8-13-7-16-9-19(13)2)11-3-5-12(6-4-11)18-14(15)20/h3-7,9-10,17H,8H2,1-2H3,(H3,15,18,20). The van der Waals surface area contributed by atoms with E-state index < -0.39 is 6.03 Å². The summed E-state index contributed by atoms with van der Waals surface area (Å²) in [6.45, 7) is 2.84. The largest absolute Gasteiger partial charge is 0.351 e. The Morgan fingerprint density at radius 2 is 2.10 bits per heavy atom. The molecular formula is C14H19N5O. The number of urea groups is 1. The minimum atomic E-state index is -0.555. The first-order valence-corrected chi connectivity index (χ1v) is 6.41. The van der Waals surface area contributed by atoms with Crippen LogP contribution in [0.3, 0.4) is 0 Å². The number of rotatable bonds is 5. The maximum Gasteiger partial charge on any atom is 0.316 e. The van der Waals surface area contributed by atoms with Gasteiger partial charge in [0, 0.05) is 31.5 Å². The zero-order valence-corrected chi connectivity index (χ0v) is 11.6. The summed E-state index contributed by atoms with van der Waals surface area (Å²) in [7, 11) is 1.97. The molecule has 106 valence electrons. The Morgan fingerprint density at radius 1 is 1.40 bits per heavy atom. The highest BCUT2D eigenvalue weighted by atomic mass is 16.2. The van der Waals surface area contributed by atoms with E-state index in [0.29, 0.717) is 5.69 Å². The summed E-state index contributed by atoms with van der Waals surface area (Å²) in [6, 6.07) is 7.25. The van der Waals surface area contributed by atoms with Crippen molar-refractivity contribution in [1.82, 2.24) is 14.9 Å². The highest BCUT2D eigenvalue weighted by molar-refractivity contribution is 5.87. The van der Waals surface area contributed by atoms with Crippen LogP contribution in [0.4, 0.5) is 10.5 Å². The van der Waals surface area contributed by atoms with Gasteiger partial charge in [-0.25, -0.2) is 9.78 Å². The smallest absolute Gasteiger partial charge is 0.316 e. The maximum atomic E-state index is 10.7. The van der Waals surface area contributed by atoms with E-state index in [9.17, 15) is 4.79 Å². The number of primary amides is 1. The fraction of sp³-hybridized carbons (Fsp3) is 0.286. The second-order valence-corrected chi connectivity index (χ2v) is 4.71. The first-order chi connectivity index (χ1) is 9.56. The van der Waals surface area contributed by atoms with Crippen molar-refractivity contribution >= 4 is 11.7 Å². The molecule has 0 saturated heterocycles. The molecular weight excluding hydrogens is 254 g/mol. The molecule has 0 saturated carbocycles. The van der Waals surface area contributed by atoms with Gasteiger partial charge >= 0.3 is 6.03 Å². The molecule has 0 spiro atoms. The highest BCUT2D eigenvalue weighted by Crippen LogP contribution is 2.16. The van der Waals surface area contributed by atoms with Crippen molar-refractivity contribution in [2.24, 2.45) is 12.8 Å². The van der Waals surface area contributed by atoms with E-state index in [0.717, 1.165) is 17.8 Å². The molecule has 0 fully saturated rings. The minimum absolute atomic E-state index is 0.201. The van der Waals surface area contributed by atoms with Gasteiger partial charge in [-0.2, -0.15) is 0 Å². The van der Waals surface area contributed by atoms with Crippen molar-refractivity contribution in [3.8, 4) is 0 Å². The number of nitrogens with zero attached hydrogens (tertiary/aromatic N) is 2. The molecule has 0 bridgehead atoms. The molecule has 0 aliphatic carbocycles. The van der Waals surface area contributed by atoms with Crippen LogP contribution >= 0.6 is 0 Å². The normalized spacial score (nSPS) is 12.1. The lowest BCUT2D eigenvalue weighted by Gasteiger charge is -2.15. The molecule has 6 heteroatoms. The molecule has 6 nitrogen and oxygen atoms in total. The van der Waals surface area contributed by atoms with E-state index >= 15 is 0 Å². The van der Waals surface area contributed by atoms with Crippen molar-refractivity contribution in [1.29, 1.82) is 0 Å². The van der Waals surface area contributed by atoms with Gasteiger partial charge in [-0.05, 0) is 24.6 Å². The predicted molar refractivity (Wildman–Crippen MR) is 78.1 cm³/mol. The van der Waals surface area contributed by atoms with Crippen LogP contribution in [0.15, 0.2) is 36.8 Å². The summed E-state index contributed by atoms with van der Waals surface area (Å²) in [5.74, 6) is 0. The van der Waals surface area contributed by atoms with Gasteiger partial charge in [0.1, 0.15) is 0 Å². The Kier molecular flexibility index (Phi) is 4.37. The number of benzene rings is 1. The van der Waals surface area contributed by atoms with Gasteiger partial charge in [0.15, 0.2) is 0 Å². The molecule has 4 N–H and O–H groups in total. The Morgan fingerprint density at radius 3 is 2.65 bits per heavy atom. The summed E-state index contributed by atoms with van der Waals surface area (Å²) in [5, 5.41) is 5.97. The van der Waals surface area contributed by atoms with Crippen LogP contribution in [-0.2, 0) is 13.6 Å². The number of aromatic nitrogens is 2. The average Bonchev–Trinajstić information content (AvgIpc) is 2.82. The third kappa shape index (κ3) is 3.58. The van der Waals surface area contributed by atoms with Crippen LogP contribution in [-0.4, -0.2) is 15.6 Å². The summed E-state index contributed by atoms with van der Waals surface area (Å²) in [5.41, 5.74) is 8.03. The number of anilines is 1. The number of nitrogens with two attached hydrogens (primary N) is 1. The average molecular weight is 273 g/mol. The Labute approximate surface area is 118 Å². The van der Waals surface area contributed by atoms with Crippen molar-refractivity contribution in [2.75, 3.05) is 5.32 Å². The number of hydrogen-bond acceptors (Lipinski definition) is 3. The zero-order valence-electron chi connectivity index (χ0n) is 11.6. The second-order valence-electron chi connectivity index (χ2n) is 4.71. The van der Waals surface area contributed by atoms with Crippen LogP contribution in [0, 0.1) is 0 Å². The molecule has 2 amide bonds. The molecule has 2 aromatic rings. The van der Waals surface area contributed by atoms with Crippen molar-refractivity contribution in [3.05, 3.63) is 48.0 Å². The molecule has 1 atom stereocenters. The van der Waals surface area contributed by atoms with Crippen LogP contribution in [0.1, 0.15) is 24.2 Å². The Balaban J connectivity index is 1.93. The highest BCUT2D eigenvalue weighted by Gasteiger charge is 2.06. The third-order valence-corrected chi connectivity index (χ3v) is 3.18. The number of hydrogen-bond donors (Lipinski definition) is 3. The third-order valence-electron chi connectivity index (χ3n) is 3.18. The molecule has 1 aromatic carbocycles. The number of carbonyl (C=O) groups excluding carboxylic acids is 1. The van der Waals surface area contributed by atoms with E-state index in [1.54, 1.807) is 6.33 Å². The summed E-state index contributed by atoms with van der Waals surface area (Å²) in [4.78, 5) is 14.8. The minimum Gasteiger partial charge on any atom is -0.351 e. The maximum absolute atomic E-state index is 10.7. The number of aryl methyl sites for hydroxylation is 1. The van der Waals surface area contributed by atoms with Crippen LogP contribution in [0.25, 0.3) is 0 Å². The lowest BCUT2D eigenvalue weighted by Crippen LogP contribution is -2.20. The number of carbonyl (C=O) groups is 1. The molecule has 1 heterocycles. The second kappa shape index (κ2) is 6.21. The molecule has 1 unspecified atom stereocenters. The summed E-state index contributed by atoms with van der Waals surface area (Å²) < 4.78 is 1.99. The fourth-order valence-corrected chi connectivity index (χ4v) is 1.93. The van der Waals surface area contributed by atoms with Gasteiger partial charge in [-0.15, -0.1) is 0 Å². The van der Waals surface area contributed by atoms with Crippen molar-refractivity contribution in [2.45, 2.75) is 19.5 Å². The first kappa shape index (κ1) is 14.1. The van der Waals surface area contributed by atoms with E-state index in [1.165, 1.54) is 0 Å². The van der Waals surface area contributed by atoms with Crippen molar-refractivity contribution in [3.63, 3.8) is 0 Å². The van der Waals surface area contributed by atoms with Crippen LogP contribution < -0.4 is 16.4 Å². The van der Waals surface area contributed by atoms with E-state index in [1.807, 2.05) is 42.1 Å². The lowest BCUT2D eigenvalue weighted by molar-refractivity contribution is 0.259. The lowest BCUT2D eigenvalue weighted by atomic mass is 10.1. The van der Waals surface area contributed by atoms with Gasteiger partial charge in [0.05, 0.1) is 12.0 Å². The van der Waals surface area contributed by atoms with Gasteiger partial charge in [0.25, 0.3) is 0 Å². The van der Waals surface area contributed by atoms with Crippen LogP contribution in [0.5, 0.6) is 0 Å². The molecule has 0 radical (unpaired) electrons. The SMILES string of the molecule is CC(NCc1cncn1C)c1ccc(NC(N)=O)cc1. The molecule has 2 rings (SSSR count). The number of nitrogens with one attached hydrogen (secondary N) is 2. The Bertz CT molecular complexity index is 576. The zero-order chi connectivity index (χ0) is 14.5. The summed E-state index contributed by atoms with van der Waals surface area (Å²) >= 11 is 0. The van der Waals surface area contributed by atoms with E-state index in [2.05, 4.69) is 22.5 Å². The molecule has 0 aliphatic rings. The predicted octanol–water partition coefficient (Wildman–Crippen LogP) is 1.76. The fourth-order valence-electron chi connectivity index (χ4n) is 1.93. The van der Waals surface area contributed by atoms with E-state index in [-0.39, 0.29) is 6.04 Å². The van der Waals surface area contributed by atoms with Gasteiger partial charge in [0.2, 0.25) is 0 Å². The number of imidazole rings is 1. The quantitative estimate of drug-likeness (QED) is 0.776. The topological polar surface area (TPSA) is 85.0 Å². The molecule has 20 heavy (non-hydrogen) atoms. The van der Waals surface area contributed by atoms with Crippen LogP contribution in [0.2, 0.25) is 0 Å².